The van der Waals surface area contributed by atoms with Crippen LogP contribution in [0.4, 0.5) is 8.78 Å². The molecule has 36 heavy (non-hydrogen) atoms. The van der Waals surface area contributed by atoms with Crippen LogP contribution in [0.5, 0.6) is 0 Å². The molecule has 1 saturated carbocycles. The Hall–Kier alpha value is -1.44. The smallest absolute Gasteiger partial charge is 0.129 e. The molecule has 1 aromatic carbocycles. The van der Waals surface area contributed by atoms with E-state index in [2.05, 4.69) is 32.1 Å². The van der Waals surface area contributed by atoms with Crippen LogP contribution in [-0.2, 0) is 6.42 Å². The summed E-state index contributed by atoms with van der Waals surface area (Å²) in [5.41, 5.74) is 2.53. The maximum atomic E-state index is 14.8. The van der Waals surface area contributed by atoms with Crippen LogP contribution in [-0.4, -0.2) is 0 Å². The first kappa shape index (κ1) is 29.1. The lowest BCUT2D eigenvalue weighted by Crippen LogP contribution is -2.17. The van der Waals surface area contributed by atoms with Gasteiger partial charge in [0.15, 0.2) is 0 Å². The molecular weight excluding hydrogens is 446 g/mol. The summed E-state index contributed by atoms with van der Waals surface area (Å²) in [7, 11) is 0. The van der Waals surface area contributed by atoms with Gasteiger partial charge < -0.3 is 0 Å². The number of allylic oxidation sites excluding steroid dienone is 4. The minimum atomic E-state index is -0.353. The first-order valence-corrected chi connectivity index (χ1v) is 15.5. The van der Waals surface area contributed by atoms with E-state index in [1.54, 1.807) is 12.1 Å². The maximum absolute atomic E-state index is 14.8. The van der Waals surface area contributed by atoms with Crippen LogP contribution < -0.4 is 0 Å². The third-order valence-electron chi connectivity index (χ3n) is 8.78. The molecular formula is C34H52F2. The Labute approximate surface area is 221 Å². The number of hydrogen-bond acceptors (Lipinski definition) is 0. The third kappa shape index (κ3) is 9.46. The Morgan fingerprint density at radius 1 is 0.722 bits per heavy atom. The Kier molecular flexibility index (Phi) is 13.3. The van der Waals surface area contributed by atoms with Crippen molar-refractivity contribution < 1.29 is 8.78 Å². The summed E-state index contributed by atoms with van der Waals surface area (Å²) < 4.78 is 29.7. The first-order valence-electron chi connectivity index (χ1n) is 15.5. The standard InChI is InChI=1S/C34H52F2/c1-3-5-7-9-10-11-12-14-16-32-33(35)25-31(26-34(32)36)30-23-21-29(22-24-30)28-19-17-27(18-20-28)15-13-8-6-4-2/h21-23,25-28,30H,3-20,24H2,1-2H3/t27-,28-,30?. The Bertz CT molecular complexity index is 789. The maximum Gasteiger partial charge on any atom is 0.129 e. The number of unbranched alkanes of at least 4 members (excludes halogenated alkanes) is 10. The van der Waals surface area contributed by atoms with Crippen molar-refractivity contribution in [3.05, 3.63) is 58.7 Å². The highest BCUT2D eigenvalue weighted by Gasteiger charge is 2.24. The van der Waals surface area contributed by atoms with Gasteiger partial charge in [-0.3, -0.25) is 0 Å². The molecule has 0 N–H and O–H groups in total. The summed E-state index contributed by atoms with van der Waals surface area (Å²) in [6.45, 7) is 4.51. The molecule has 0 bridgehead atoms. The fourth-order valence-corrected chi connectivity index (χ4v) is 6.34. The highest BCUT2D eigenvalue weighted by molar-refractivity contribution is 5.36. The largest absolute Gasteiger partial charge is 0.207 e. The van der Waals surface area contributed by atoms with Gasteiger partial charge in [-0.2, -0.15) is 0 Å². The van der Waals surface area contributed by atoms with Gasteiger partial charge in [-0.15, -0.1) is 0 Å². The van der Waals surface area contributed by atoms with Crippen molar-refractivity contribution in [1.29, 1.82) is 0 Å². The fraction of sp³-hybridized carbons (Fsp3) is 0.706. The topological polar surface area (TPSA) is 0 Å². The molecule has 1 atom stereocenters. The second kappa shape index (κ2) is 16.4. The van der Waals surface area contributed by atoms with Gasteiger partial charge in [0.1, 0.15) is 11.6 Å². The zero-order valence-corrected chi connectivity index (χ0v) is 23.3. The van der Waals surface area contributed by atoms with Crippen LogP contribution >= 0.6 is 0 Å². The molecule has 0 spiro atoms. The lowest BCUT2D eigenvalue weighted by atomic mass is 9.75. The summed E-state index contributed by atoms with van der Waals surface area (Å²) in [5.74, 6) is 0.984. The molecule has 3 rings (SSSR count). The monoisotopic (exact) mass is 498 g/mol. The quantitative estimate of drug-likeness (QED) is 0.199. The molecule has 0 aliphatic heterocycles. The van der Waals surface area contributed by atoms with E-state index in [-0.39, 0.29) is 23.1 Å². The molecule has 0 nitrogen and oxygen atoms in total. The van der Waals surface area contributed by atoms with E-state index in [1.165, 1.54) is 102 Å². The number of rotatable bonds is 16. The van der Waals surface area contributed by atoms with Crippen LogP contribution in [0.3, 0.4) is 0 Å². The summed E-state index contributed by atoms with van der Waals surface area (Å²) in [4.78, 5) is 0. The van der Waals surface area contributed by atoms with Crippen LogP contribution in [0.15, 0.2) is 35.9 Å². The molecule has 2 heteroatoms. The van der Waals surface area contributed by atoms with Gasteiger partial charge in [0.25, 0.3) is 0 Å². The number of hydrogen-bond donors (Lipinski definition) is 0. The summed E-state index contributed by atoms with van der Waals surface area (Å²) in [6.07, 6.45) is 29.9. The minimum absolute atomic E-state index is 0.0878. The van der Waals surface area contributed by atoms with Crippen LogP contribution in [0.25, 0.3) is 0 Å². The molecule has 0 saturated heterocycles. The molecule has 2 aliphatic carbocycles. The normalized spacial score (nSPS) is 22.1. The van der Waals surface area contributed by atoms with E-state index >= 15 is 0 Å². The Morgan fingerprint density at radius 2 is 1.31 bits per heavy atom. The average molecular weight is 499 g/mol. The second-order valence-corrected chi connectivity index (χ2v) is 11.7. The molecule has 0 amide bonds. The lowest BCUT2D eigenvalue weighted by Gasteiger charge is -2.31. The van der Waals surface area contributed by atoms with Gasteiger partial charge in [0, 0.05) is 11.5 Å². The first-order chi connectivity index (χ1) is 17.6. The Balaban J connectivity index is 1.41. The molecule has 0 radical (unpaired) electrons. The number of benzene rings is 1. The molecule has 1 unspecified atom stereocenters. The van der Waals surface area contributed by atoms with Crippen molar-refractivity contribution in [2.75, 3.05) is 0 Å². The van der Waals surface area contributed by atoms with Crippen molar-refractivity contribution in [1.82, 2.24) is 0 Å². The average Bonchev–Trinajstić information content (AvgIpc) is 2.90. The van der Waals surface area contributed by atoms with E-state index in [0.717, 1.165) is 30.7 Å². The predicted molar refractivity (Wildman–Crippen MR) is 151 cm³/mol. The van der Waals surface area contributed by atoms with Crippen molar-refractivity contribution >= 4 is 0 Å². The van der Waals surface area contributed by atoms with E-state index in [1.807, 2.05) is 0 Å². The molecule has 1 aromatic rings. The number of halogens is 2. The van der Waals surface area contributed by atoms with Crippen molar-refractivity contribution in [2.24, 2.45) is 11.8 Å². The highest BCUT2D eigenvalue weighted by atomic mass is 19.1. The zero-order valence-electron chi connectivity index (χ0n) is 23.3. The van der Waals surface area contributed by atoms with Gasteiger partial charge in [0.05, 0.1) is 0 Å². The van der Waals surface area contributed by atoms with Crippen molar-refractivity contribution in [3.8, 4) is 0 Å². The molecule has 2 aliphatic rings. The summed E-state index contributed by atoms with van der Waals surface area (Å²) in [6, 6.07) is 3.20. The van der Waals surface area contributed by atoms with Crippen LogP contribution in [0.1, 0.15) is 146 Å². The van der Waals surface area contributed by atoms with E-state index in [0.29, 0.717) is 12.3 Å². The highest BCUT2D eigenvalue weighted by Crippen LogP contribution is 2.39. The van der Waals surface area contributed by atoms with Gasteiger partial charge in [0.2, 0.25) is 0 Å². The fourth-order valence-electron chi connectivity index (χ4n) is 6.34. The van der Waals surface area contributed by atoms with Crippen molar-refractivity contribution in [3.63, 3.8) is 0 Å². The van der Waals surface area contributed by atoms with E-state index < -0.39 is 0 Å². The molecule has 1 fully saturated rings. The van der Waals surface area contributed by atoms with Gasteiger partial charge in [-0.25, -0.2) is 8.78 Å². The Morgan fingerprint density at radius 3 is 1.89 bits per heavy atom. The van der Waals surface area contributed by atoms with E-state index in [9.17, 15) is 8.78 Å². The van der Waals surface area contributed by atoms with Crippen LogP contribution in [0.2, 0.25) is 0 Å². The van der Waals surface area contributed by atoms with Crippen LogP contribution in [0, 0.1) is 23.5 Å². The van der Waals surface area contributed by atoms with Gasteiger partial charge in [-0.05, 0) is 80.1 Å². The third-order valence-corrected chi connectivity index (χ3v) is 8.78. The molecule has 0 aromatic heterocycles. The predicted octanol–water partition coefficient (Wildman–Crippen LogP) is 11.4. The minimum Gasteiger partial charge on any atom is -0.207 e. The lowest BCUT2D eigenvalue weighted by molar-refractivity contribution is 0.283. The summed E-state index contributed by atoms with van der Waals surface area (Å²) in [5, 5.41) is 0. The zero-order chi connectivity index (χ0) is 25.6. The summed E-state index contributed by atoms with van der Waals surface area (Å²) >= 11 is 0. The SMILES string of the molecule is CCCCCCCCCCc1c(F)cc(C2C=CC([C@H]3CC[C@H](CCCCCC)CC3)=CC2)cc1F. The molecule has 202 valence electrons. The second-order valence-electron chi connectivity index (χ2n) is 11.7. The van der Waals surface area contributed by atoms with E-state index in [4.69, 9.17) is 0 Å². The van der Waals surface area contributed by atoms with Gasteiger partial charge in [-0.1, -0.05) is 109 Å². The van der Waals surface area contributed by atoms with Crippen molar-refractivity contribution in [2.45, 2.75) is 142 Å². The molecule has 0 heterocycles. The van der Waals surface area contributed by atoms with Gasteiger partial charge >= 0.3 is 0 Å².